The van der Waals surface area contributed by atoms with Crippen LogP contribution in [0.3, 0.4) is 0 Å². The van der Waals surface area contributed by atoms with Crippen molar-refractivity contribution in [1.29, 1.82) is 0 Å². The number of hydrogen-bond donors (Lipinski definition) is 1. The van der Waals surface area contributed by atoms with Crippen LogP contribution in [0, 0.1) is 6.92 Å². The molecule has 1 heterocycles. The van der Waals surface area contributed by atoms with Gasteiger partial charge in [0.1, 0.15) is 0 Å². The Morgan fingerprint density at radius 3 is 2.59 bits per heavy atom. The second-order valence-electron chi connectivity index (χ2n) is 4.98. The number of hydrogen-bond acceptors (Lipinski definition) is 3. The van der Waals surface area contributed by atoms with Crippen LogP contribution >= 0.6 is 0 Å². The van der Waals surface area contributed by atoms with Crippen LogP contribution in [-0.2, 0) is 4.74 Å². The summed E-state index contributed by atoms with van der Waals surface area (Å²) in [6.45, 7) is 4.33. The minimum atomic E-state index is -0.0342. The van der Waals surface area contributed by atoms with Gasteiger partial charge in [-0.05, 0) is 31.9 Å². The Morgan fingerprint density at radius 1 is 1.35 bits per heavy atom. The van der Waals surface area contributed by atoms with Crippen molar-refractivity contribution in [2.75, 3.05) is 31.7 Å². The van der Waals surface area contributed by atoms with Crippen LogP contribution in [0.2, 0.25) is 0 Å². The summed E-state index contributed by atoms with van der Waals surface area (Å²) in [5.41, 5.74) is 8.45. The van der Waals surface area contributed by atoms with Crippen LogP contribution in [-0.4, -0.2) is 32.3 Å². The van der Waals surface area contributed by atoms with Gasteiger partial charge in [-0.25, -0.2) is 0 Å². The van der Waals surface area contributed by atoms with Crippen LogP contribution in [0.25, 0.3) is 0 Å². The Morgan fingerprint density at radius 2 is 2.06 bits per heavy atom. The van der Waals surface area contributed by atoms with E-state index >= 15 is 0 Å². The normalized spacial score (nSPS) is 24.6. The first-order chi connectivity index (χ1) is 8.18. The van der Waals surface area contributed by atoms with Gasteiger partial charge < -0.3 is 15.4 Å². The molecule has 1 saturated heterocycles. The summed E-state index contributed by atoms with van der Waals surface area (Å²) < 4.78 is 5.62. The molecule has 94 valence electrons. The van der Waals surface area contributed by atoms with Gasteiger partial charge in [0, 0.05) is 25.9 Å². The highest BCUT2D eigenvalue weighted by Crippen LogP contribution is 2.29. The molecule has 0 saturated carbocycles. The highest BCUT2D eigenvalue weighted by Gasteiger charge is 2.35. The number of nitrogens with zero attached hydrogens (tertiary/aromatic N) is 1. The van der Waals surface area contributed by atoms with E-state index in [4.69, 9.17) is 10.5 Å². The molecule has 1 fully saturated rings. The molecule has 17 heavy (non-hydrogen) atoms. The zero-order chi connectivity index (χ0) is 12.3. The summed E-state index contributed by atoms with van der Waals surface area (Å²) in [5.74, 6) is 0. The van der Waals surface area contributed by atoms with Gasteiger partial charge in [0.05, 0.1) is 12.1 Å². The number of rotatable bonds is 3. The number of benzene rings is 1. The molecule has 1 aromatic carbocycles. The van der Waals surface area contributed by atoms with E-state index in [0.717, 1.165) is 26.1 Å². The standard InChI is InChI=1S/C14H22N2O/c1-12-4-6-13(7-5-12)16(2)14(10-15)8-3-9-17-11-14/h4-7H,3,8-11,15H2,1-2H3. The van der Waals surface area contributed by atoms with E-state index in [1.54, 1.807) is 0 Å². The fourth-order valence-electron chi connectivity index (χ4n) is 2.44. The first-order valence-corrected chi connectivity index (χ1v) is 6.26. The lowest BCUT2D eigenvalue weighted by atomic mass is 9.90. The van der Waals surface area contributed by atoms with Crippen molar-refractivity contribution in [3.63, 3.8) is 0 Å². The lowest BCUT2D eigenvalue weighted by Gasteiger charge is -2.44. The zero-order valence-electron chi connectivity index (χ0n) is 10.8. The molecule has 2 N–H and O–H groups in total. The van der Waals surface area contributed by atoms with Gasteiger partial charge in [0.25, 0.3) is 0 Å². The highest BCUT2D eigenvalue weighted by molar-refractivity contribution is 5.49. The largest absolute Gasteiger partial charge is 0.379 e. The first kappa shape index (κ1) is 12.4. The molecule has 1 aromatic rings. The fraction of sp³-hybridized carbons (Fsp3) is 0.571. The molecule has 1 atom stereocenters. The van der Waals surface area contributed by atoms with Crippen molar-refractivity contribution in [1.82, 2.24) is 0 Å². The SMILES string of the molecule is Cc1ccc(N(C)C2(CN)CCCOC2)cc1. The zero-order valence-corrected chi connectivity index (χ0v) is 10.8. The van der Waals surface area contributed by atoms with Gasteiger partial charge >= 0.3 is 0 Å². The molecule has 3 nitrogen and oxygen atoms in total. The van der Waals surface area contributed by atoms with Crippen LogP contribution in [0.4, 0.5) is 5.69 Å². The molecule has 0 radical (unpaired) electrons. The van der Waals surface area contributed by atoms with Crippen molar-refractivity contribution in [3.8, 4) is 0 Å². The van der Waals surface area contributed by atoms with Gasteiger partial charge in [-0.1, -0.05) is 17.7 Å². The van der Waals surface area contributed by atoms with Crippen molar-refractivity contribution >= 4 is 5.69 Å². The molecule has 1 aliphatic heterocycles. The van der Waals surface area contributed by atoms with E-state index in [9.17, 15) is 0 Å². The summed E-state index contributed by atoms with van der Waals surface area (Å²) in [5, 5.41) is 0. The van der Waals surface area contributed by atoms with E-state index in [1.807, 2.05) is 0 Å². The van der Waals surface area contributed by atoms with Crippen LogP contribution in [0.15, 0.2) is 24.3 Å². The Bertz CT molecular complexity index is 355. The molecule has 3 heteroatoms. The first-order valence-electron chi connectivity index (χ1n) is 6.26. The maximum absolute atomic E-state index is 5.98. The third kappa shape index (κ3) is 2.45. The van der Waals surface area contributed by atoms with Crippen molar-refractivity contribution < 1.29 is 4.74 Å². The monoisotopic (exact) mass is 234 g/mol. The molecular weight excluding hydrogens is 212 g/mol. The summed E-state index contributed by atoms with van der Waals surface area (Å²) in [4.78, 5) is 2.28. The average Bonchev–Trinajstić information content (AvgIpc) is 2.39. The van der Waals surface area contributed by atoms with Crippen molar-refractivity contribution in [2.24, 2.45) is 5.73 Å². The molecule has 0 bridgehead atoms. The third-order valence-corrected chi connectivity index (χ3v) is 3.81. The molecule has 0 amide bonds. The van der Waals surface area contributed by atoms with E-state index in [2.05, 4.69) is 43.1 Å². The topological polar surface area (TPSA) is 38.5 Å². The molecule has 0 aliphatic carbocycles. The van der Waals surface area contributed by atoms with Gasteiger partial charge in [-0.2, -0.15) is 0 Å². The smallest absolute Gasteiger partial charge is 0.0754 e. The van der Waals surface area contributed by atoms with Crippen LogP contribution in [0.5, 0.6) is 0 Å². The van der Waals surface area contributed by atoms with E-state index < -0.39 is 0 Å². The average molecular weight is 234 g/mol. The van der Waals surface area contributed by atoms with Gasteiger partial charge in [-0.3, -0.25) is 0 Å². The molecule has 1 aliphatic rings. The number of aryl methyl sites for hydroxylation is 1. The van der Waals surface area contributed by atoms with Crippen molar-refractivity contribution in [2.45, 2.75) is 25.3 Å². The fourth-order valence-corrected chi connectivity index (χ4v) is 2.44. The Labute approximate surface area is 104 Å². The number of anilines is 1. The summed E-state index contributed by atoms with van der Waals surface area (Å²) >= 11 is 0. The second-order valence-corrected chi connectivity index (χ2v) is 4.98. The Hall–Kier alpha value is -1.06. The van der Waals surface area contributed by atoms with E-state index in [-0.39, 0.29) is 5.54 Å². The van der Waals surface area contributed by atoms with Crippen LogP contribution in [0.1, 0.15) is 18.4 Å². The van der Waals surface area contributed by atoms with E-state index in [0.29, 0.717) is 6.54 Å². The molecular formula is C14H22N2O. The summed E-state index contributed by atoms with van der Waals surface area (Å²) in [7, 11) is 2.12. The Balaban J connectivity index is 2.21. The predicted octanol–water partition coefficient (Wildman–Crippen LogP) is 1.94. The predicted molar refractivity (Wildman–Crippen MR) is 71.4 cm³/mol. The maximum Gasteiger partial charge on any atom is 0.0754 e. The third-order valence-electron chi connectivity index (χ3n) is 3.81. The molecule has 2 rings (SSSR count). The van der Waals surface area contributed by atoms with E-state index in [1.165, 1.54) is 11.3 Å². The van der Waals surface area contributed by atoms with Gasteiger partial charge in [0.15, 0.2) is 0 Å². The lowest BCUT2D eigenvalue weighted by Crippen LogP contribution is -2.57. The minimum absolute atomic E-state index is 0.0342. The van der Waals surface area contributed by atoms with Gasteiger partial charge in [-0.15, -0.1) is 0 Å². The van der Waals surface area contributed by atoms with Gasteiger partial charge in [0.2, 0.25) is 0 Å². The summed E-state index contributed by atoms with van der Waals surface area (Å²) in [6.07, 6.45) is 2.20. The molecule has 0 aromatic heterocycles. The Kier molecular flexibility index (Phi) is 3.69. The lowest BCUT2D eigenvalue weighted by molar-refractivity contribution is 0.0396. The minimum Gasteiger partial charge on any atom is -0.379 e. The quantitative estimate of drug-likeness (QED) is 0.868. The van der Waals surface area contributed by atoms with Crippen LogP contribution < -0.4 is 10.6 Å². The molecule has 0 spiro atoms. The molecule has 1 unspecified atom stereocenters. The second kappa shape index (κ2) is 5.07. The number of likely N-dealkylation sites (N-methyl/N-ethyl adjacent to an activating group) is 1. The maximum atomic E-state index is 5.98. The summed E-state index contributed by atoms with van der Waals surface area (Å²) in [6, 6.07) is 8.59. The number of nitrogens with two attached hydrogens (primary N) is 1. The van der Waals surface area contributed by atoms with Crippen molar-refractivity contribution in [3.05, 3.63) is 29.8 Å². The number of ether oxygens (including phenoxy) is 1. The highest BCUT2D eigenvalue weighted by atomic mass is 16.5.